The Bertz CT molecular complexity index is 382. The van der Waals surface area contributed by atoms with Gasteiger partial charge in [-0.2, -0.15) is 0 Å². The average molecular weight is 237 g/mol. The second-order valence-corrected chi connectivity index (χ2v) is 4.03. The molecule has 0 spiro atoms. The Hall–Kier alpha value is -1.69. The lowest BCUT2D eigenvalue weighted by atomic mass is 9.99. The number of hydrogen-bond donors (Lipinski definition) is 3. The van der Waals surface area contributed by atoms with E-state index in [1.54, 1.807) is 12.3 Å². The number of nitrogens with two attached hydrogens (primary N) is 2. The monoisotopic (exact) mass is 237 g/mol. The first kappa shape index (κ1) is 13.4. The van der Waals surface area contributed by atoms with Crippen LogP contribution in [0.3, 0.4) is 0 Å². The van der Waals surface area contributed by atoms with Crippen molar-refractivity contribution in [3.63, 3.8) is 0 Å². The molecule has 0 bridgehead atoms. The van der Waals surface area contributed by atoms with Gasteiger partial charge in [-0.3, -0.25) is 4.79 Å². The van der Waals surface area contributed by atoms with Crippen molar-refractivity contribution in [1.29, 1.82) is 0 Å². The molecule has 1 aromatic heterocycles. The maximum atomic E-state index is 11.7. The topological polar surface area (TPSA) is 107 Å². The van der Waals surface area contributed by atoms with Gasteiger partial charge in [-0.25, -0.2) is 9.97 Å². The zero-order chi connectivity index (χ0) is 12.8. The van der Waals surface area contributed by atoms with E-state index in [-0.39, 0.29) is 18.4 Å². The van der Waals surface area contributed by atoms with Crippen LogP contribution in [-0.2, 0) is 11.3 Å². The van der Waals surface area contributed by atoms with Crippen LogP contribution in [0.5, 0.6) is 0 Å². The van der Waals surface area contributed by atoms with Gasteiger partial charge in [-0.1, -0.05) is 20.3 Å². The number of nitrogen functional groups attached to an aromatic ring is 1. The van der Waals surface area contributed by atoms with Crippen molar-refractivity contribution in [2.75, 3.05) is 5.73 Å². The van der Waals surface area contributed by atoms with Gasteiger partial charge in [0.25, 0.3) is 0 Å². The summed E-state index contributed by atoms with van der Waals surface area (Å²) in [5.74, 6) is 0.826. The molecule has 6 nitrogen and oxygen atoms in total. The maximum absolute atomic E-state index is 11.7. The summed E-state index contributed by atoms with van der Waals surface area (Å²) in [5, 5.41) is 2.70. The number of anilines is 1. The molecule has 6 heteroatoms. The fourth-order valence-corrected chi connectivity index (χ4v) is 1.30. The second-order valence-electron chi connectivity index (χ2n) is 4.03. The highest BCUT2D eigenvalue weighted by atomic mass is 16.2. The van der Waals surface area contributed by atoms with Gasteiger partial charge in [-0.05, 0) is 12.0 Å². The zero-order valence-electron chi connectivity index (χ0n) is 10.2. The number of carbonyl (C=O) groups is 1. The summed E-state index contributed by atoms with van der Waals surface area (Å²) in [6.07, 6.45) is 2.42. The molecule has 0 radical (unpaired) electrons. The van der Waals surface area contributed by atoms with E-state index in [1.165, 1.54) is 0 Å². The van der Waals surface area contributed by atoms with Crippen molar-refractivity contribution >= 4 is 11.7 Å². The molecule has 1 amide bonds. The number of hydrogen-bond acceptors (Lipinski definition) is 5. The standard InChI is InChI=1S/C11H19N5O/c1-3-7(2)10(13)11(17)15-6-9-14-5-4-8(12)16-9/h4-5,7,10H,3,6,13H2,1-2H3,(H,15,17)(H2,12,14,16). The Morgan fingerprint density at radius 2 is 2.29 bits per heavy atom. The molecule has 0 aromatic carbocycles. The highest BCUT2D eigenvalue weighted by molar-refractivity contribution is 5.81. The van der Waals surface area contributed by atoms with E-state index in [9.17, 15) is 4.79 Å². The van der Waals surface area contributed by atoms with Crippen molar-refractivity contribution in [2.45, 2.75) is 32.9 Å². The quantitative estimate of drug-likeness (QED) is 0.670. The van der Waals surface area contributed by atoms with Crippen molar-refractivity contribution in [1.82, 2.24) is 15.3 Å². The van der Waals surface area contributed by atoms with Gasteiger partial charge < -0.3 is 16.8 Å². The molecule has 0 aliphatic heterocycles. The summed E-state index contributed by atoms with van der Waals surface area (Å²) in [6.45, 7) is 4.19. The third-order valence-corrected chi connectivity index (χ3v) is 2.71. The first-order valence-corrected chi connectivity index (χ1v) is 5.65. The van der Waals surface area contributed by atoms with Gasteiger partial charge in [0.15, 0.2) is 0 Å². The molecule has 0 aliphatic rings. The molecule has 0 saturated carbocycles. The van der Waals surface area contributed by atoms with Crippen molar-refractivity contribution < 1.29 is 4.79 Å². The number of amides is 1. The summed E-state index contributed by atoms with van der Waals surface area (Å²) >= 11 is 0. The van der Waals surface area contributed by atoms with Crippen LogP contribution < -0.4 is 16.8 Å². The summed E-state index contributed by atoms with van der Waals surface area (Å²) < 4.78 is 0. The number of nitrogens with one attached hydrogen (secondary N) is 1. The molecule has 0 aliphatic carbocycles. The molecule has 2 atom stereocenters. The molecule has 5 N–H and O–H groups in total. The number of carbonyl (C=O) groups excluding carboxylic acids is 1. The molecule has 1 rings (SSSR count). The lowest BCUT2D eigenvalue weighted by Crippen LogP contribution is -2.44. The summed E-state index contributed by atoms with van der Waals surface area (Å²) in [5.41, 5.74) is 11.3. The second kappa shape index (κ2) is 6.15. The van der Waals surface area contributed by atoms with Gasteiger partial charge in [0.1, 0.15) is 11.6 Å². The minimum atomic E-state index is -0.499. The number of aromatic nitrogens is 2. The third kappa shape index (κ3) is 3.99. The van der Waals surface area contributed by atoms with Crippen molar-refractivity contribution in [3.8, 4) is 0 Å². The molecule has 1 heterocycles. The van der Waals surface area contributed by atoms with Crippen LogP contribution in [0.25, 0.3) is 0 Å². The van der Waals surface area contributed by atoms with Crippen LogP contribution in [0.4, 0.5) is 5.82 Å². The Kier molecular flexibility index (Phi) is 4.84. The molecule has 2 unspecified atom stereocenters. The van der Waals surface area contributed by atoms with Crippen LogP contribution in [0, 0.1) is 5.92 Å². The minimum Gasteiger partial charge on any atom is -0.384 e. The number of rotatable bonds is 5. The Morgan fingerprint density at radius 1 is 1.59 bits per heavy atom. The molecule has 1 aromatic rings. The van der Waals surface area contributed by atoms with E-state index in [2.05, 4.69) is 15.3 Å². The molecule has 0 fully saturated rings. The van der Waals surface area contributed by atoms with Crippen LogP contribution in [0.15, 0.2) is 12.3 Å². The van der Waals surface area contributed by atoms with E-state index in [0.29, 0.717) is 11.6 Å². The third-order valence-electron chi connectivity index (χ3n) is 2.71. The van der Waals surface area contributed by atoms with Crippen LogP contribution in [-0.4, -0.2) is 21.9 Å². The van der Waals surface area contributed by atoms with Gasteiger partial charge in [0.2, 0.25) is 5.91 Å². The van der Waals surface area contributed by atoms with Crippen LogP contribution >= 0.6 is 0 Å². The highest BCUT2D eigenvalue weighted by Crippen LogP contribution is 2.05. The van der Waals surface area contributed by atoms with Crippen molar-refractivity contribution in [2.24, 2.45) is 11.7 Å². The fraction of sp³-hybridized carbons (Fsp3) is 0.545. The number of nitrogens with zero attached hydrogens (tertiary/aromatic N) is 2. The summed E-state index contributed by atoms with van der Waals surface area (Å²) in [4.78, 5) is 19.6. The normalized spacial score (nSPS) is 14.1. The predicted octanol–water partition coefficient (Wildman–Crippen LogP) is 0.0484. The minimum absolute atomic E-state index is 0.150. The largest absolute Gasteiger partial charge is 0.384 e. The SMILES string of the molecule is CCC(C)C(N)C(=O)NCc1nccc(N)n1. The van der Waals surface area contributed by atoms with E-state index in [4.69, 9.17) is 11.5 Å². The predicted molar refractivity (Wildman–Crippen MR) is 65.7 cm³/mol. The van der Waals surface area contributed by atoms with Gasteiger partial charge in [0.05, 0.1) is 12.6 Å². The highest BCUT2D eigenvalue weighted by Gasteiger charge is 2.19. The smallest absolute Gasteiger partial charge is 0.237 e. The van der Waals surface area contributed by atoms with Crippen LogP contribution in [0.2, 0.25) is 0 Å². The van der Waals surface area contributed by atoms with Gasteiger partial charge in [-0.15, -0.1) is 0 Å². The molecular formula is C11H19N5O. The summed E-state index contributed by atoms with van der Waals surface area (Å²) in [7, 11) is 0. The summed E-state index contributed by atoms with van der Waals surface area (Å²) in [6, 6.07) is 1.09. The van der Waals surface area contributed by atoms with Gasteiger partial charge in [0, 0.05) is 6.20 Å². The molecular weight excluding hydrogens is 218 g/mol. The Balaban J connectivity index is 2.48. The molecule has 0 saturated heterocycles. The van der Waals surface area contributed by atoms with E-state index in [1.807, 2.05) is 13.8 Å². The van der Waals surface area contributed by atoms with Gasteiger partial charge >= 0.3 is 0 Å². The average Bonchev–Trinajstić information content (AvgIpc) is 2.34. The maximum Gasteiger partial charge on any atom is 0.237 e. The van der Waals surface area contributed by atoms with E-state index in [0.717, 1.165) is 6.42 Å². The molecule has 94 valence electrons. The lowest BCUT2D eigenvalue weighted by molar-refractivity contribution is -0.123. The fourth-order valence-electron chi connectivity index (χ4n) is 1.30. The van der Waals surface area contributed by atoms with Crippen LogP contribution in [0.1, 0.15) is 26.1 Å². The first-order chi connectivity index (χ1) is 8.04. The molecule has 17 heavy (non-hydrogen) atoms. The van der Waals surface area contributed by atoms with E-state index < -0.39 is 6.04 Å². The Labute approximate surface area is 101 Å². The van der Waals surface area contributed by atoms with Crippen molar-refractivity contribution in [3.05, 3.63) is 18.1 Å². The Morgan fingerprint density at radius 3 is 2.88 bits per heavy atom. The lowest BCUT2D eigenvalue weighted by Gasteiger charge is -2.17. The van der Waals surface area contributed by atoms with E-state index >= 15 is 0 Å². The zero-order valence-corrected chi connectivity index (χ0v) is 10.2. The first-order valence-electron chi connectivity index (χ1n) is 5.65.